The lowest BCUT2D eigenvalue weighted by molar-refractivity contribution is 0.0953. The molecule has 0 aliphatic carbocycles. The minimum atomic E-state index is -0.344. The fourth-order valence-corrected chi connectivity index (χ4v) is 1.74. The highest BCUT2D eigenvalue weighted by atomic mass is 19.1. The van der Waals surface area contributed by atoms with Crippen molar-refractivity contribution in [1.29, 1.82) is 0 Å². The van der Waals surface area contributed by atoms with E-state index < -0.39 is 0 Å². The van der Waals surface area contributed by atoms with Gasteiger partial charge in [0.25, 0.3) is 5.91 Å². The number of nitrogens with one attached hydrogen (secondary N) is 2. The molecule has 0 unspecified atom stereocenters. The van der Waals surface area contributed by atoms with E-state index in [4.69, 9.17) is 4.42 Å². The van der Waals surface area contributed by atoms with E-state index in [9.17, 15) is 9.18 Å². The van der Waals surface area contributed by atoms with Crippen molar-refractivity contribution in [2.24, 2.45) is 0 Å². The number of rotatable bonds is 7. The summed E-state index contributed by atoms with van der Waals surface area (Å²) < 4.78 is 17.9. The molecule has 1 aromatic heterocycles. The third kappa shape index (κ3) is 4.51. The fourth-order valence-electron chi connectivity index (χ4n) is 1.74. The highest BCUT2D eigenvalue weighted by molar-refractivity contribution is 5.94. The van der Waals surface area contributed by atoms with Gasteiger partial charge in [-0.15, -0.1) is 0 Å². The predicted octanol–water partition coefficient (Wildman–Crippen LogP) is 2.33. The molecule has 0 bridgehead atoms. The van der Waals surface area contributed by atoms with Gasteiger partial charge in [-0.1, -0.05) is 0 Å². The van der Waals surface area contributed by atoms with E-state index >= 15 is 0 Å². The monoisotopic (exact) mass is 276 g/mol. The van der Waals surface area contributed by atoms with Gasteiger partial charge in [0, 0.05) is 12.1 Å². The summed E-state index contributed by atoms with van der Waals surface area (Å²) in [5.41, 5.74) is 0.468. The molecule has 0 aliphatic heterocycles. The average Bonchev–Trinajstić information content (AvgIpc) is 2.96. The zero-order valence-corrected chi connectivity index (χ0v) is 11.1. The molecule has 0 atom stereocenters. The Morgan fingerprint density at radius 1 is 1.15 bits per heavy atom. The maximum Gasteiger partial charge on any atom is 0.251 e. The molecule has 5 heteroatoms. The van der Waals surface area contributed by atoms with E-state index in [1.54, 1.807) is 6.26 Å². The Morgan fingerprint density at radius 2 is 1.95 bits per heavy atom. The van der Waals surface area contributed by atoms with Gasteiger partial charge in [-0.2, -0.15) is 0 Å². The zero-order valence-electron chi connectivity index (χ0n) is 11.1. The number of benzene rings is 1. The molecular weight excluding hydrogens is 259 g/mol. The number of carbonyl (C=O) groups is 1. The molecule has 1 heterocycles. The van der Waals surface area contributed by atoms with Crippen molar-refractivity contribution in [1.82, 2.24) is 10.6 Å². The molecule has 2 N–H and O–H groups in total. The van der Waals surface area contributed by atoms with Crippen LogP contribution in [0, 0.1) is 5.82 Å². The van der Waals surface area contributed by atoms with E-state index in [0.29, 0.717) is 18.7 Å². The van der Waals surface area contributed by atoms with Crippen molar-refractivity contribution in [3.63, 3.8) is 0 Å². The van der Waals surface area contributed by atoms with Crippen LogP contribution in [0.1, 0.15) is 22.5 Å². The first kappa shape index (κ1) is 14.3. The van der Waals surface area contributed by atoms with Gasteiger partial charge in [-0.25, -0.2) is 4.39 Å². The van der Waals surface area contributed by atoms with Crippen LogP contribution in [-0.2, 0) is 6.54 Å². The number of halogens is 1. The lowest BCUT2D eigenvalue weighted by Gasteiger charge is -2.06. The first-order valence-electron chi connectivity index (χ1n) is 6.52. The normalized spacial score (nSPS) is 10.4. The molecule has 0 saturated carbocycles. The summed E-state index contributed by atoms with van der Waals surface area (Å²) >= 11 is 0. The maximum absolute atomic E-state index is 12.7. The van der Waals surface area contributed by atoms with Gasteiger partial charge in [0.1, 0.15) is 11.6 Å². The van der Waals surface area contributed by atoms with Crippen LogP contribution < -0.4 is 10.6 Å². The van der Waals surface area contributed by atoms with Crippen molar-refractivity contribution in [2.75, 3.05) is 13.1 Å². The summed E-state index contributed by atoms with van der Waals surface area (Å²) in [4.78, 5) is 11.7. The molecule has 1 aromatic carbocycles. The lowest BCUT2D eigenvalue weighted by atomic mass is 10.2. The highest BCUT2D eigenvalue weighted by Crippen LogP contribution is 2.02. The summed E-state index contributed by atoms with van der Waals surface area (Å²) in [6, 6.07) is 9.25. The van der Waals surface area contributed by atoms with Crippen LogP contribution in [0.4, 0.5) is 4.39 Å². The van der Waals surface area contributed by atoms with Crippen LogP contribution >= 0.6 is 0 Å². The average molecular weight is 276 g/mol. The van der Waals surface area contributed by atoms with E-state index in [-0.39, 0.29) is 11.7 Å². The van der Waals surface area contributed by atoms with Gasteiger partial charge in [-0.3, -0.25) is 4.79 Å². The van der Waals surface area contributed by atoms with E-state index in [1.165, 1.54) is 24.3 Å². The summed E-state index contributed by atoms with van der Waals surface area (Å²) in [5.74, 6) is 0.361. The molecule has 1 amide bonds. The van der Waals surface area contributed by atoms with Crippen molar-refractivity contribution >= 4 is 5.91 Å². The molecule has 0 fully saturated rings. The quantitative estimate of drug-likeness (QED) is 0.763. The van der Waals surface area contributed by atoms with Crippen LogP contribution in [0.5, 0.6) is 0 Å². The molecule has 2 rings (SSSR count). The topological polar surface area (TPSA) is 54.3 Å². The standard InChI is InChI=1S/C15H17FN2O2/c16-13-6-4-12(5-7-13)15(19)18-9-2-8-17-11-14-3-1-10-20-14/h1,3-7,10,17H,2,8-9,11H2,(H,18,19). The van der Waals surface area contributed by atoms with Gasteiger partial charge < -0.3 is 15.1 Å². The predicted molar refractivity (Wildman–Crippen MR) is 73.8 cm³/mol. The number of carbonyl (C=O) groups excluding carboxylic acids is 1. The summed E-state index contributed by atoms with van der Waals surface area (Å²) in [6.07, 6.45) is 2.45. The number of furan rings is 1. The largest absolute Gasteiger partial charge is 0.468 e. The molecular formula is C15H17FN2O2. The van der Waals surface area contributed by atoms with Crippen LogP contribution in [-0.4, -0.2) is 19.0 Å². The Balaban J connectivity index is 1.58. The maximum atomic E-state index is 12.7. The summed E-state index contributed by atoms with van der Waals surface area (Å²) in [6.45, 7) is 2.03. The van der Waals surface area contributed by atoms with Crippen LogP contribution in [0.25, 0.3) is 0 Å². The number of hydrogen-bond acceptors (Lipinski definition) is 3. The third-order valence-electron chi connectivity index (χ3n) is 2.80. The van der Waals surface area contributed by atoms with Crippen molar-refractivity contribution in [3.05, 3.63) is 59.8 Å². The first-order chi connectivity index (χ1) is 9.75. The molecule has 2 aromatic rings. The Bertz CT molecular complexity index is 523. The molecule has 0 saturated heterocycles. The molecule has 0 spiro atoms. The Labute approximate surface area is 117 Å². The molecule has 4 nitrogen and oxygen atoms in total. The second-order valence-electron chi connectivity index (χ2n) is 4.37. The second kappa shape index (κ2) is 7.45. The molecule has 20 heavy (non-hydrogen) atoms. The van der Waals surface area contributed by atoms with Crippen molar-refractivity contribution in [2.45, 2.75) is 13.0 Å². The second-order valence-corrected chi connectivity index (χ2v) is 4.37. The Hall–Kier alpha value is -2.14. The van der Waals surface area contributed by atoms with Crippen molar-refractivity contribution < 1.29 is 13.6 Å². The molecule has 0 aliphatic rings. The highest BCUT2D eigenvalue weighted by Gasteiger charge is 2.04. The Kier molecular flexibility index (Phi) is 5.32. The fraction of sp³-hybridized carbons (Fsp3) is 0.267. The van der Waals surface area contributed by atoms with Gasteiger partial charge in [0.05, 0.1) is 12.8 Å². The van der Waals surface area contributed by atoms with Gasteiger partial charge >= 0.3 is 0 Å². The van der Waals surface area contributed by atoms with E-state index in [2.05, 4.69) is 10.6 Å². The SMILES string of the molecule is O=C(NCCCNCc1ccco1)c1ccc(F)cc1. The smallest absolute Gasteiger partial charge is 0.251 e. The molecule has 106 valence electrons. The summed E-state index contributed by atoms with van der Waals surface area (Å²) in [7, 11) is 0. The summed E-state index contributed by atoms with van der Waals surface area (Å²) in [5, 5.41) is 6.00. The van der Waals surface area contributed by atoms with Crippen LogP contribution in [0.2, 0.25) is 0 Å². The van der Waals surface area contributed by atoms with Gasteiger partial charge in [0.2, 0.25) is 0 Å². The molecule has 0 radical (unpaired) electrons. The van der Waals surface area contributed by atoms with Crippen LogP contribution in [0.3, 0.4) is 0 Å². The lowest BCUT2D eigenvalue weighted by Crippen LogP contribution is -2.27. The van der Waals surface area contributed by atoms with Gasteiger partial charge in [0.15, 0.2) is 0 Å². The minimum absolute atomic E-state index is 0.184. The number of amides is 1. The number of hydrogen-bond donors (Lipinski definition) is 2. The zero-order chi connectivity index (χ0) is 14.2. The van der Waals surface area contributed by atoms with E-state index in [1.807, 2.05) is 12.1 Å². The van der Waals surface area contributed by atoms with Crippen molar-refractivity contribution in [3.8, 4) is 0 Å². The third-order valence-corrected chi connectivity index (χ3v) is 2.80. The Morgan fingerprint density at radius 3 is 2.65 bits per heavy atom. The van der Waals surface area contributed by atoms with E-state index in [0.717, 1.165) is 18.7 Å². The first-order valence-corrected chi connectivity index (χ1v) is 6.52. The van der Waals surface area contributed by atoms with Crippen LogP contribution in [0.15, 0.2) is 47.1 Å². The van der Waals surface area contributed by atoms with Gasteiger partial charge in [-0.05, 0) is 49.4 Å². The minimum Gasteiger partial charge on any atom is -0.468 e.